The van der Waals surface area contributed by atoms with Gasteiger partial charge in [0.05, 0.1) is 5.69 Å². The number of nitrogens with two attached hydrogens (primary N) is 1. The van der Waals surface area contributed by atoms with Crippen LogP contribution in [0.2, 0.25) is 0 Å². The Bertz CT molecular complexity index is 998. The lowest BCUT2D eigenvalue weighted by Gasteiger charge is -2.06. The van der Waals surface area contributed by atoms with E-state index in [2.05, 4.69) is 10.3 Å². The van der Waals surface area contributed by atoms with E-state index in [1.807, 2.05) is 24.3 Å². The van der Waals surface area contributed by atoms with Gasteiger partial charge in [-0.2, -0.15) is 0 Å². The number of amides is 1. The molecule has 3 aromatic rings. The number of nitrogen functional groups attached to an aromatic ring is 1. The molecule has 6 nitrogen and oxygen atoms in total. The molecule has 1 heterocycles. The summed E-state index contributed by atoms with van der Waals surface area (Å²) in [6.45, 7) is 0.362. The fraction of sp³-hybridized carbons (Fsp3) is 0.182. The third-order valence-electron chi connectivity index (χ3n) is 4.31. The van der Waals surface area contributed by atoms with E-state index in [0.717, 1.165) is 11.1 Å². The number of aromatic nitrogens is 1. The zero-order valence-electron chi connectivity index (χ0n) is 15.8. The maximum atomic E-state index is 12.1. The maximum Gasteiger partial charge on any atom is 0.292 e. The number of hydrogen-bond donors (Lipinski definition) is 2. The van der Waals surface area contributed by atoms with E-state index < -0.39 is 11.7 Å². The van der Waals surface area contributed by atoms with Gasteiger partial charge in [0, 0.05) is 30.3 Å². The number of Topliss-reactive ketones (excluding diaryl/α,β-unsaturated/α-hetero) is 2. The number of benzene rings is 2. The molecular formula is C22H21N3O3S. The first-order valence-electron chi connectivity index (χ1n) is 9.18. The van der Waals surface area contributed by atoms with Gasteiger partial charge in [-0.25, -0.2) is 4.98 Å². The van der Waals surface area contributed by atoms with Gasteiger partial charge in [-0.15, -0.1) is 11.3 Å². The Morgan fingerprint density at radius 2 is 1.62 bits per heavy atom. The molecule has 148 valence electrons. The van der Waals surface area contributed by atoms with Crippen LogP contribution in [0, 0.1) is 0 Å². The minimum absolute atomic E-state index is 0.0785. The summed E-state index contributed by atoms with van der Waals surface area (Å²) in [7, 11) is 0. The van der Waals surface area contributed by atoms with Crippen LogP contribution in [0.4, 0.5) is 5.13 Å². The average Bonchev–Trinajstić information content (AvgIpc) is 3.13. The fourth-order valence-electron chi connectivity index (χ4n) is 2.84. The summed E-state index contributed by atoms with van der Waals surface area (Å²) in [6, 6.07) is 16.1. The number of carbonyl (C=O) groups is 3. The average molecular weight is 407 g/mol. The predicted octanol–water partition coefficient (Wildman–Crippen LogP) is 2.62. The van der Waals surface area contributed by atoms with Crippen LogP contribution in [0.25, 0.3) is 0 Å². The van der Waals surface area contributed by atoms with Gasteiger partial charge in [0.15, 0.2) is 5.13 Å². The van der Waals surface area contributed by atoms with Crippen molar-refractivity contribution in [3.8, 4) is 0 Å². The van der Waals surface area contributed by atoms with Crippen LogP contribution in [-0.4, -0.2) is 29.0 Å². The third kappa shape index (κ3) is 6.08. The zero-order valence-corrected chi connectivity index (χ0v) is 16.6. The van der Waals surface area contributed by atoms with Crippen molar-refractivity contribution in [3.05, 3.63) is 82.4 Å². The Morgan fingerprint density at radius 3 is 2.28 bits per heavy atom. The molecule has 2 aromatic carbocycles. The molecule has 0 saturated carbocycles. The monoisotopic (exact) mass is 407 g/mol. The number of carbonyl (C=O) groups excluding carboxylic acids is 3. The standard InChI is InChI=1S/C22H21N3O3S/c23-22-25-18(14-29-22)13-19(26)12-16-8-6-15(7-9-16)10-11-24-21(28)20(27)17-4-2-1-3-5-17/h1-9,14H,10-13H2,(H2,23,25)(H,24,28). The van der Waals surface area contributed by atoms with E-state index in [1.165, 1.54) is 11.3 Å². The number of nitrogens with one attached hydrogen (secondary N) is 1. The molecule has 0 spiro atoms. The second-order valence-corrected chi connectivity index (χ2v) is 7.48. The molecule has 0 aliphatic rings. The molecule has 1 aromatic heterocycles. The van der Waals surface area contributed by atoms with E-state index in [9.17, 15) is 14.4 Å². The topological polar surface area (TPSA) is 102 Å². The van der Waals surface area contributed by atoms with E-state index in [1.54, 1.807) is 35.7 Å². The number of nitrogens with zero attached hydrogens (tertiary/aromatic N) is 1. The quantitative estimate of drug-likeness (QED) is 0.419. The Kier molecular flexibility index (Phi) is 6.86. The summed E-state index contributed by atoms with van der Waals surface area (Å²) < 4.78 is 0. The fourth-order valence-corrected chi connectivity index (χ4v) is 3.40. The van der Waals surface area contributed by atoms with Gasteiger partial charge in [0.2, 0.25) is 5.78 Å². The first-order valence-corrected chi connectivity index (χ1v) is 10.1. The van der Waals surface area contributed by atoms with Crippen molar-refractivity contribution in [2.45, 2.75) is 19.3 Å². The second-order valence-electron chi connectivity index (χ2n) is 6.59. The lowest BCUT2D eigenvalue weighted by molar-refractivity contribution is -0.118. The van der Waals surface area contributed by atoms with Crippen molar-refractivity contribution in [1.82, 2.24) is 10.3 Å². The summed E-state index contributed by atoms with van der Waals surface area (Å²) in [5.74, 6) is -1.07. The normalized spacial score (nSPS) is 10.5. The zero-order chi connectivity index (χ0) is 20.6. The molecule has 3 rings (SSSR count). The van der Waals surface area contributed by atoms with Crippen molar-refractivity contribution in [1.29, 1.82) is 0 Å². The van der Waals surface area contributed by atoms with Crippen molar-refractivity contribution >= 4 is 33.9 Å². The largest absolute Gasteiger partial charge is 0.375 e. The highest BCUT2D eigenvalue weighted by atomic mass is 32.1. The number of rotatable bonds is 9. The number of ketones is 2. The maximum absolute atomic E-state index is 12.1. The smallest absolute Gasteiger partial charge is 0.292 e. The summed E-state index contributed by atoms with van der Waals surface area (Å²) in [5.41, 5.74) is 8.59. The summed E-state index contributed by atoms with van der Waals surface area (Å²) >= 11 is 1.33. The molecule has 0 atom stereocenters. The number of anilines is 1. The molecule has 0 bridgehead atoms. The summed E-state index contributed by atoms with van der Waals surface area (Å²) in [4.78, 5) is 40.2. The van der Waals surface area contributed by atoms with E-state index in [-0.39, 0.29) is 12.2 Å². The van der Waals surface area contributed by atoms with Crippen LogP contribution < -0.4 is 11.1 Å². The molecule has 0 aliphatic carbocycles. The van der Waals surface area contributed by atoms with Gasteiger partial charge < -0.3 is 11.1 Å². The minimum atomic E-state index is -0.610. The predicted molar refractivity (Wildman–Crippen MR) is 113 cm³/mol. The molecule has 1 amide bonds. The van der Waals surface area contributed by atoms with Gasteiger partial charge in [0.25, 0.3) is 5.91 Å². The first-order chi connectivity index (χ1) is 14.0. The van der Waals surface area contributed by atoms with Crippen LogP contribution in [0.3, 0.4) is 0 Å². The number of hydrogen-bond acceptors (Lipinski definition) is 6. The third-order valence-corrected chi connectivity index (χ3v) is 5.04. The van der Waals surface area contributed by atoms with Crippen molar-refractivity contribution in [2.75, 3.05) is 12.3 Å². The van der Waals surface area contributed by atoms with Crippen LogP contribution in [0.5, 0.6) is 0 Å². The van der Waals surface area contributed by atoms with Gasteiger partial charge >= 0.3 is 0 Å². The Hall–Kier alpha value is -3.32. The van der Waals surface area contributed by atoms with Crippen LogP contribution in [0.15, 0.2) is 60.0 Å². The summed E-state index contributed by atoms with van der Waals surface area (Å²) in [5, 5.41) is 4.91. The van der Waals surface area contributed by atoms with E-state index in [4.69, 9.17) is 5.73 Å². The van der Waals surface area contributed by atoms with Crippen LogP contribution in [0.1, 0.15) is 27.2 Å². The SMILES string of the molecule is Nc1nc(CC(=O)Cc2ccc(CCNC(=O)C(=O)c3ccccc3)cc2)cs1. The Balaban J connectivity index is 1.43. The molecule has 7 heteroatoms. The van der Waals surface area contributed by atoms with Crippen molar-refractivity contribution < 1.29 is 14.4 Å². The Morgan fingerprint density at radius 1 is 0.931 bits per heavy atom. The van der Waals surface area contributed by atoms with Crippen molar-refractivity contribution in [2.24, 2.45) is 0 Å². The molecule has 3 N–H and O–H groups in total. The lowest BCUT2D eigenvalue weighted by atomic mass is 10.0. The minimum Gasteiger partial charge on any atom is -0.375 e. The number of thiazole rings is 1. The van der Waals surface area contributed by atoms with Gasteiger partial charge in [-0.3, -0.25) is 14.4 Å². The van der Waals surface area contributed by atoms with E-state index >= 15 is 0 Å². The summed E-state index contributed by atoms with van der Waals surface area (Å²) in [6.07, 6.45) is 1.21. The van der Waals surface area contributed by atoms with Crippen LogP contribution >= 0.6 is 11.3 Å². The van der Waals surface area contributed by atoms with Crippen molar-refractivity contribution in [3.63, 3.8) is 0 Å². The highest BCUT2D eigenvalue weighted by Gasteiger charge is 2.14. The molecule has 0 aliphatic heterocycles. The van der Waals surface area contributed by atoms with Gasteiger partial charge in [-0.1, -0.05) is 54.6 Å². The molecule has 0 radical (unpaired) electrons. The Labute approximate surface area is 172 Å². The second kappa shape index (κ2) is 9.75. The molecule has 0 unspecified atom stereocenters. The van der Waals surface area contributed by atoms with Gasteiger partial charge in [0.1, 0.15) is 5.78 Å². The van der Waals surface area contributed by atoms with Crippen LogP contribution in [-0.2, 0) is 28.9 Å². The molecular weight excluding hydrogens is 386 g/mol. The highest BCUT2D eigenvalue weighted by Crippen LogP contribution is 2.13. The lowest BCUT2D eigenvalue weighted by Crippen LogP contribution is -2.32. The van der Waals surface area contributed by atoms with Gasteiger partial charge in [-0.05, 0) is 17.5 Å². The molecule has 0 saturated heterocycles. The molecule has 0 fully saturated rings. The first kappa shape index (κ1) is 20.4. The molecule has 29 heavy (non-hydrogen) atoms. The van der Waals surface area contributed by atoms with E-state index in [0.29, 0.717) is 35.8 Å². The highest BCUT2D eigenvalue weighted by molar-refractivity contribution is 7.13.